The SMILES string of the molecule is CCC(=O)c1ccc(OCC(O)Cn2cnc3scc(-c4ccc(C)cc4)c3c2=O)cc1. The second-order valence-electron chi connectivity index (χ2n) is 7.66. The molecule has 0 bridgehead atoms. The van der Waals surface area contributed by atoms with E-state index in [2.05, 4.69) is 4.98 Å². The average molecular weight is 449 g/mol. The van der Waals surface area contributed by atoms with Crippen LogP contribution in [-0.4, -0.2) is 33.2 Å². The third-order valence-corrected chi connectivity index (χ3v) is 6.16. The first-order valence-electron chi connectivity index (χ1n) is 10.4. The standard InChI is InChI=1S/C25H24N2O4S/c1-3-22(29)18-8-10-20(11-9-18)31-13-19(28)12-27-15-26-24-23(25(27)30)21(14-32-24)17-6-4-16(2)5-7-17/h4-11,14-15,19,28H,3,12-13H2,1-2H3. The van der Waals surface area contributed by atoms with E-state index in [1.807, 2.05) is 43.5 Å². The number of aliphatic hydroxyl groups is 1. The second-order valence-corrected chi connectivity index (χ2v) is 8.52. The fraction of sp³-hybridized carbons (Fsp3) is 0.240. The summed E-state index contributed by atoms with van der Waals surface area (Å²) in [6, 6.07) is 14.8. The molecule has 0 radical (unpaired) electrons. The Morgan fingerprint density at radius 1 is 1.16 bits per heavy atom. The first-order chi connectivity index (χ1) is 15.5. The van der Waals surface area contributed by atoms with Gasteiger partial charge in [-0.2, -0.15) is 0 Å². The van der Waals surface area contributed by atoms with Crippen LogP contribution in [0.1, 0.15) is 29.3 Å². The van der Waals surface area contributed by atoms with Crippen LogP contribution in [0.25, 0.3) is 21.3 Å². The van der Waals surface area contributed by atoms with Crippen molar-refractivity contribution in [3.63, 3.8) is 0 Å². The van der Waals surface area contributed by atoms with Crippen molar-refractivity contribution in [1.82, 2.24) is 9.55 Å². The lowest BCUT2D eigenvalue weighted by Crippen LogP contribution is -2.30. The van der Waals surface area contributed by atoms with Gasteiger partial charge in [-0.05, 0) is 36.8 Å². The number of nitrogens with zero attached hydrogens (tertiary/aromatic N) is 2. The first-order valence-corrected chi connectivity index (χ1v) is 11.3. The molecule has 1 atom stereocenters. The topological polar surface area (TPSA) is 81.4 Å². The van der Waals surface area contributed by atoms with E-state index in [-0.39, 0.29) is 24.5 Å². The van der Waals surface area contributed by atoms with E-state index >= 15 is 0 Å². The van der Waals surface area contributed by atoms with E-state index in [1.54, 1.807) is 24.3 Å². The van der Waals surface area contributed by atoms with Gasteiger partial charge >= 0.3 is 0 Å². The fourth-order valence-corrected chi connectivity index (χ4v) is 4.36. The lowest BCUT2D eigenvalue weighted by Gasteiger charge is -2.14. The minimum atomic E-state index is -0.898. The summed E-state index contributed by atoms with van der Waals surface area (Å²) in [7, 11) is 0. The number of thiophene rings is 1. The van der Waals surface area contributed by atoms with Gasteiger partial charge in [0.25, 0.3) is 5.56 Å². The highest BCUT2D eigenvalue weighted by Gasteiger charge is 2.15. The Morgan fingerprint density at radius 3 is 2.56 bits per heavy atom. The lowest BCUT2D eigenvalue weighted by molar-refractivity contribution is 0.0913. The molecule has 0 spiro atoms. The van der Waals surface area contributed by atoms with Crippen LogP contribution in [0, 0.1) is 6.92 Å². The Balaban J connectivity index is 1.48. The summed E-state index contributed by atoms with van der Waals surface area (Å²) in [5.41, 5.74) is 3.41. The number of hydrogen-bond donors (Lipinski definition) is 1. The van der Waals surface area contributed by atoms with Crippen LogP contribution in [-0.2, 0) is 6.54 Å². The number of hydrogen-bond acceptors (Lipinski definition) is 6. The molecule has 0 saturated carbocycles. The molecular weight excluding hydrogens is 424 g/mol. The van der Waals surface area contributed by atoms with Gasteiger partial charge in [-0.25, -0.2) is 4.98 Å². The molecular formula is C25H24N2O4S. The number of aromatic nitrogens is 2. The molecule has 6 nitrogen and oxygen atoms in total. The molecule has 2 aromatic heterocycles. The van der Waals surface area contributed by atoms with E-state index in [0.29, 0.717) is 28.0 Å². The Morgan fingerprint density at radius 2 is 1.88 bits per heavy atom. The number of carbonyl (C=O) groups excluding carboxylic acids is 1. The van der Waals surface area contributed by atoms with E-state index < -0.39 is 6.10 Å². The average Bonchev–Trinajstić information content (AvgIpc) is 3.25. The van der Waals surface area contributed by atoms with Crippen LogP contribution in [0.3, 0.4) is 0 Å². The van der Waals surface area contributed by atoms with Crippen molar-refractivity contribution in [3.05, 3.63) is 81.7 Å². The predicted molar refractivity (Wildman–Crippen MR) is 127 cm³/mol. The molecule has 0 saturated heterocycles. The number of rotatable bonds is 8. The number of fused-ring (bicyclic) bond motifs is 1. The van der Waals surface area contributed by atoms with Crippen LogP contribution < -0.4 is 10.3 Å². The maximum absolute atomic E-state index is 13.1. The summed E-state index contributed by atoms with van der Waals surface area (Å²) < 4.78 is 7.05. The molecule has 4 aromatic rings. The monoisotopic (exact) mass is 448 g/mol. The fourth-order valence-electron chi connectivity index (χ4n) is 3.46. The molecule has 4 rings (SSSR count). The molecule has 7 heteroatoms. The van der Waals surface area contributed by atoms with Gasteiger partial charge in [0.2, 0.25) is 0 Å². The summed E-state index contributed by atoms with van der Waals surface area (Å²) in [6.07, 6.45) is 1.02. The zero-order valence-corrected chi connectivity index (χ0v) is 18.8. The largest absolute Gasteiger partial charge is 0.491 e. The van der Waals surface area contributed by atoms with Crippen LogP contribution in [0.4, 0.5) is 0 Å². The highest BCUT2D eigenvalue weighted by atomic mass is 32.1. The predicted octanol–water partition coefficient (Wildman–Crippen LogP) is 4.47. The Kier molecular flexibility index (Phi) is 6.48. The molecule has 1 N–H and O–H groups in total. The van der Waals surface area contributed by atoms with Crippen molar-refractivity contribution in [2.45, 2.75) is 32.9 Å². The quantitative estimate of drug-likeness (QED) is 0.402. The van der Waals surface area contributed by atoms with Crippen LogP contribution >= 0.6 is 11.3 Å². The molecule has 1 unspecified atom stereocenters. The number of carbonyl (C=O) groups is 1. The highest BCUT2D eigenvalue weighted by molar-refractivity contribution is 7.17. The summed E-state index contributed by atoms with van der Waals surface area (Å²) in [6.45, 7) is 3.92. The minimum absolute atomic E-state index is 0.0139. The van der Waals surface area contributed by atoms with Gasteiger partial charge in [-0.1, -0.05) is 36.8 Å². The van der Waals surface area contributed by atoms with Crippen LogP contribution in [0.5, 0.6) is 5.75 Å². The van der Waals surface area contributed by atoms with Crippen molar-refractivity contribution >= 4 is 27.3 Å². The highest BCUT2D eigenvalue weighted by Crippen LogP contribution is 2.30. The number of Topliss-reactive ketones (excluding diaryl/α,β-unsaturated/α-hetero) is 1. The van der Waals surface area contributed by atoms with Crippen molar-refractivity contribution in [2.24, 2.45) is 0 Å². The first kappa shape index (κ1) is 21.9. The number of benzene rings is 2. The molecule has 0 aliphatic heterocycles. The summed E-state index contributed by atoms with van der Waals surface area (Å²) in [5, 5.41) is 13.0. The number of aryl methyl sites for hydroxylation is 1. The van der Waals surface area contributed by atoms with Gasteiger partial charge in [-0.3, -0.25) is 14.2 Å². The third kappa shape index (κ3) is 4.64. The Bertz CT molecular complexity index is 1290. The summed E-state index contributed by atoms with van der Waals surface area (Å²) in [4.78, 5) is 29.9. The van der Waals surface area contributed by atoms with Gasteiger partial charge in [-0.15, -0.1) is 11.3 Å². The normalized spacial score (nSPS) is 12.1. The third-order valence-electron chi connectivity index (χ3n) is 5.27. The Hall–Kier alpha value is -3.29. The van der Waals surface area contributed by atoms with Crippen molar-refractivity contribution in [3.8, 4) is 16.9 Å². The second kappa shape index (κ2) is 9.46. The zero-order valence-electron chi connectivity index (χ0n) is 17.9. The van der Waals surface area contributed by atoms with Gasteiger partial charge < -0.3 is 9.84 Å². The molecule has 0 aliphatic carbocycles. The molecule has 0 fully saturated rings. The van der Waals surface area contributed by atoms with Crippen molar-refractivity contribution in [1.29, 1.82) is 0 Å². The molecule has 32 heavy (non-hydrogen) atoms. The number of ether oxygens (including phenoxy) is 1. The van der Waals surface area contributed by atoms with Crippen LogP contribution in [0.15, 0.2) is 65.0 Å². The summed E-state index contributed by atoms with van der Waals surface area (Å²) in [5.74, 6) is 0.620. The van der Waals surface area contributed by atoms with Gasteiger partial charge in [0.1, 0.15) is 23.3 Å². The molecule has 0 amide bonds. The van der Waals surface area contributed by atoms with E-state index in [1.165, 1.54) is 22.2 Å². The number of aliphatic hydroxyl groups excluding tert-OH is 1. The van der Waals surface area contributed by atoms with Gasteiger partial charge in [0, 0.05) is 22.9 Å². The molecule has 2 aromatic carbocycles. The van der Waals surface area contributed by atoms with Gasteiger partial charge in [0.05, 0.1) is 18.3 Å². The Labute approximate surface area is 189 Å². The van der Waals surface area contributed by atoms with Crippen molar-refractivity contribution in [2.75, 3.05) is 6.61 Å². The zero-order chi connectivity index (χ0) is 22.7. The molecule has 2 heterocycles. The summed E-state index contributed by atoms with van der Waals surface area (Å²) >= 11 is 1.43. The maximum Gasteiger partial charge on any atom is 0.262 e. The lowest BCUT2D eigenvalue weighted by atomic mass is 10.1. The van der Waals surface area contributed by atoms with E-state index in [9.17, 15) is 14.7 Å². The smallest absolute Gasteiger partial charge is 0.262 e. The van der Waals surface area contributed by atoms with E-state index in [0.717, 1.165) is 16.7 Å². The van der Waals surface area contributed by atoms with Crippen LogP contribution in [0.2, 0.25) is 0 Å². The molecule has 0 aliphatic rings. The maximum atomic E-state index is 13.1. The minimum Gasteiger partial charge on any atom is -0.491 e. The van der Waals surface area contributed by atoms with E-state index in [4.69, 9.17) is 4.74 Å². The van der Waals surface area contributed by atoms with Gasteiger partial charge in [0.15, 0.2) is 5.78 Å². The number of ketones is 1. The van der Waals surface area contributed by atoms with Crippen molar-refractivity contribution < 1.29 is 14.6 Å². The molecule has 164 valence electrons.